The van der Waals surface area contributed by atoms with E-state index < -0.39 is 11.9 Å². The molecule has 1 aliphatic heterocycles. The molecule has 3 heterocycles. The topological polar surface area (TPSA) is 168 Å². The Morgan fingerprint density at radius 2 is 1.85 bits per heavy atom. The molecule has 0 radical (unpaired) electrons. The van der Waals surface area contributed by atoms with Gasteiger partial charge in [0.2, 0.25) is 5.91 Å². The van der Waals surface area contributed by atoms with Gasteiger partial charge in [0.1, 0.15) is 4.88 Å². The van der Waals surface area contributed by atoms with Gasteiger partial charge in [-0.25, -0.2) is 14.8 Å². The van der Waals surface area contributed by atoms with E-state index in [4.69, 9.17) is 21.1 Å². The molecular formula is C24H34ClN7O6S. The van der Waals surface area contributed by atoms with Crippen LogP contribution in [0.25, 0.3) is 0 Å². The average molecular weight is 584 g/mol. The van der Waals surface area contributed by atoms with Gasteiger partial charge in [0.05, 0.1) is 24.4 Å². The zero-order valence-corrected chi connectivity index (χ0v) is 24.0. The van der Waals surface area contributed by atoms with Crippen LogP contribution in [0.2, 0.25) is 5.15 Å². The van der Waals surface area contributed by atoms with E-state index in [1.807, 2.05) is 18.7 Å². The summed E-state index contributed by atoms with van der Waals surface area (Å²) in [5, 5.41) is 8.98. The number of ether oxygens (including phenoxy) is 2. The van der Waals surface area contributed by atoms with E-state index in [1.165, 1.54) is 6.92 Å². The molecule has 0 aromatic carbocycles. The number of aromatic nitrogens is 3. The normalized spacial score (nSPS) is 17.0. The molecule has 4 N–H and O–H groups in total. The third kappa shape index (κ3) is 7.90. The van der Waals surface area contributed by atoms with Gasteiger partial charge in [-0.05, 0) is 26.7 Å². The Bertz CT molecular complexity index is 1190. The number of piperidine rings is 1. The SMILES string of the molecule is CCOC(=O)c1sc(N2CC[C@@H](NC(=O)c3nc(Cl)c(CC)[nH]3)[C@@H](OCC)C2)nc1C(=O)NCCNC(C)=O. The minimum absolute atomic E-state index is 0.0407. The number of imidazole rings is 1. The van der Waals surface area contributed by atoms with E-state index in [-0.39, 0.29) is 65.2 Å². The van der Waals surface area contributed by atoms with Crippen molar-refractivity contribution in [2.75, 3.05) is 44.3 Å². The number of thiazole rings is 1. The molecule has 1 saturated heterocycles. The van der Waals surface area contributed by atoms with Crippen molar-refractivity contribution in [3.8, 4) is 0 Å². The summed E-state index contributed by atoms with van der Waals surface area (Å²) in [7, 11) is 0. The number of nitrogens with one attached hydrogen (secondary N) is 4. The molecule has 0 saturated carbocycles. The Kier molecular flexibility index (Phi) is 11.1. The van der Waals surface area contributed by atoms with Gasteiger partial charge in [0.15, 0.2) is 21.8 Å². The molecule has 2 aromatic rings. The number of amides is 3. The predicted molar refractivity (Wildman–Crippen MR) is 146 cm³/mol. The number of hydrogen-bond donors (Lipinski definition) is 4. The number of carbonyl (C=O) groups excluding carboxylic acids is 4. The van der Waals surface area contributed by atoms with E-state index in [0.29, 0.717) is 43.4 Å². The van der Waals surface area contributed by atoms with Crippen molar-refractivity contribution in [1.82, 2.24) is 30.9 Å². The van der Waals surface area contributed by atoms with Gasteiger partial charge in [-0.3, -0.25) is 14.4 Å². The van der Waals surface area contributed by atoms with Crippen molar-refractivity contribution >= 4 is 51.8 Å². The number of halogens is 1. The molecule has 214 valence electrons. The lowest BCUT2D eigenvalue weighted by molar-refractivity contribution is -0.118. The summed E-state index contributed by atoms with van der Waals surface area (Å²) < 4.78 is 11.1. The summed E-state index contributed by atoms with van der Waals surface area (Å²) in [5.74, 6) is -1.63. The zero-order chi connectivity index (χ0) is 28.5. The number of carbonyl (C=O) groups is 4. The fourth-order valence-electron chi connectivity index (χ4n) is 4.04. The van der Waals surface area contributed by atoms with Crippen LogP contribution in [0.1, 0.15) is 70.6 Å². The molecule has 1 fully saturated rings. The lowest BCUT2D eigenvalue weighted by Crippen LogP contribution is -2.55. The first-order valence-electron chi connectivity index (χ1n) is 12.8. The van der Waals surface area contributed by atoms with Gasteiger partial charge in [0.25, 0.3) is 11.8 Å². The molecule has 0 bridgehead atoms. The number of anilines is 1. The first kappa shape index (κ1) is 30.3. The second-order valence-electron chi connectivity index (χ2n) is 8.65. The maximum atomic E-state index is 12.8. The smallest absolute Gasteiger partial charge is 0.350 e. The van der Waals surface area contributed by atoms with Crippen LogP contribution in [0, 0.1) is 0 Å². The highest BCUT2D eigenvalue weighted by Crippen LogP contribution is 2.30. The zero-order valence-electron chi connectivity index (χ0n) is 22.4. The lowest BCUT2D eigenvalue weighted by atomic mass is 10.0. The van der Waals surface area contributed by atoms with Crippen LogP contribution >= 0.6 is 22.9 Å². The molecular weight excluding hydrogens is 550 g/mol. The Hall–Kier alpha value is -3.23. The van der Waals surface area contributed by atoms with E-state index in [2.05, 4.69) is 30.9 Å². The molecule has 39 heavy (non-hydrogen) atoms. The predicted octanol–water partition coefficient (Wildman–Crippen LogP) is 1.54. The van der Waals surface area contributed by atoms with E-state index in [0.717, 1.165) is 11.3 Å². The summed E-state index contributed by atoms with van der Waals surface area (Å²) in [6.45, 7) is 8.68. The minimum atomic E-state index is -0.639. The second-order valence-corrected chi connectivity index (χ2v) is 9.99. The van der Waals surface area contributed by atoms with Gasteiger partial charge < -0.3 is 35.3 Å². The Morgan fingerprint density at radius 3 is 2.49 bits per heavy atom. The molecule has 3 rings (SSSR count). The van der Waals surface area contributed by atoms with Crippen molar-refractivity contribution in [2.24, 2.45) is 0 Å². The molecule has 13 nitrogen and oxygen atoms in total. The molecule has 15 heteroatoms. The molecule has 0 aliphatic carbocycles. The van der Waals surface area contributed by atoms with Crippen LogP contribution in [-0.2, 0) is 20.7 Å². The number of nitrogens with zero attached hydrogens (tertiary/aromatic N) is 3. The standard InChI is InChI=1S/C24H34ClN7O6S/c1-5-14-19(25)31-20(28-14)22(35)29-15-8-11-32(12-16(15)37-6-2)24-30-17(18(39-24)23(36)38-7-3)21(34)27-10-9-26-13(4)33/h15-16H,5-12H2,1-4H3,(H,26,33)(H,27,34)(H,28,31)(H,29,35)/t15-,16+/m1/s1. The third-order valence-electron chi connectivity index (χ3n) is 5.90. The Labute approximate surface area is 235 Å². The maximum Gasteiger partial charge on any atom is 0.350 e. The fourth-order valence-corrected chi connectivity index (χ4v) is 5.29. The second kappa shape index (κ2) is 14.2. The van der Waals surface area contributed by atoms with E-state index in [9.17, 15) is 19.2 Å². The molecule has 0 spiro atoms. The Morgan fingerprint density at radius 1 is 1.10 bits per heavy atom. The highest BCUT2D eigenvalue weighted by molar-refractivity contribution is 7.17. The molecule has 3 amide bonds. The summed E-state index contributed by atoms with van der Waals surface area (Å²) >= 11 is 7.15. The van der Waals surface area contributed by atoms with Crippen LogP contribution in [0.4, 0.5) is 5.13 Å². The van der Waals surface area contributed by atoms with Crippen LogP contribution in [-0.4, -0.2) is 90.2 Å². The number of hydrogen-bond acceptors (Lipinski definition) is 10. The molecule has 0 unspecified atom stereocenters. The minimum Gasteiger partial charge on any atom is -0.462 e. The number of rotatable bonds is 12. The molecule has 1 aliphatic rings. The van der Waals surface area contributed by atoms with E-state index >= 15 is 0 Å². The number of aryl methyl sites for hydroxylation is 1. The van der Waals surface area contributed by atoms with Crippen molar-refractivity contribution in [3.05, 3.63) is 27.2 Å². The fraction of sp³-hybridized carbons (Fsp3) is 0.583. The quantitative estimate of drug-likeness (QED) is 0.214. The number of esters is 1. The lowest BCUT2D eigenvalue weighted by Gasteiger charge is -2.38. The number of H-pyrrole nitrogens is 1. The van der Waals surface area contributed by atoms with Gasteiger partial charge in [-0.2, -0.15) is 0 Å². The first-order chi connectivity index (χ1) is 18.7. The van der Waals surface area contributed by atoms with Gasteiger partial charge in [-0.15, -0.1) is 0 Å². The van der Waals surface area contributed by atoms with Crippen LogP contribution in [0.15, 0.2) is 0 Å². The van der Waals surface area contributed by atoms with Crippen LogP contribution in [0.5, 0.6) is 0 Å². The first-order valence-corrected chi connectivity index (χ1v) is 14.0. The van der Waals surface area contributed by atoms with Gasteiger partial charge in [-0.1, -0.05) is 29.9 Å². The summed E-state index contributed by atoms with van der Waals surface area (Å²) in [5.41, 5.74) is 0.648. The summed E-state index contributed by atoms with van der Waals surface area (Å²) in [4.78, 5) is 62.9. The summed E-state index contributed by atoms with van der Waals surface area (Å²) in [6.07, 6.45) is 0.766. The van der Waals surface area contributed by atoms with Gasteiger partial charge in [0, 0.05) is 39.7 Å². The molecule has 2 atom stereocenters. The third-order valence-corrected chi connectivity index (χ3v) is 7.31. The Balaban J connectivity index is 1.74. The van der Waals surface area contributed by atoms with Crippen molar-refractivity contribution in [2.45, 2.75) is 52.7 Å². The van der Waals surface area contributed by atoms with Crippen molar-refractivity contribution in [1.29, 1.82) is 0 Å². The van der Waals surface area contributed by atoms with E-state index in [1.54, 1.807) is 6.92 Å². The highest BCUT2D eigenvalue weighted by atomic mass is 35.5. The van der Waals surface area contributed by atoms with Crippen molar-refractivity contribution in [3.63, 3.8) is 0 Å². The largest absolute Gasteiger partial charge is 0.462 e. The maximum absolute atomic E-state index is 12.8. The van der Waals surface area contributed by atoms with Crippen molar-refractivity contribution < 1.29 is 28.7 Å². The average Bonchev–Trinajstić information content (AvgIpc) is 3.52. The van der Waals surface area contributed by atoms with Crippen LogP contribution in [0.3, 0.4) is 0 Å². The summed E-state index contributed by atoms with van der Waals surface area (Å²) in [6, 6.07) is -0.302. The van der Waals surface area contributed by atoms with Gasteiger partial charge >= 0.3 is 5.97 Å². The number of aromatic amines is 1. The monoisotopic (exact) mass is 583 g/mol. The highest BCUT2D eigenvalue weighted by Gasteiger charge is 2.35. The van der Waals surface area contributed by atoms with Crippen LogP contribution < -0.4 is 20.9 Å². The molecule has 2 aromatic heterocycles.